The molecule has 1 amide bonds. The summed E-state index contributed by atoms with van der Waals surface area (Å²) in [5.74, 6) is -0.499. The highest BCUT2D eigenvalue weighted by atomic mass is 32.1. The highest BCUT2D eigenvalue weighted by molar-refractivity contribution is 7.10. The topological polar surface area (TPSA) is 83.0 Å². The summed E-state index contributed by atoms with van der Waals surface area (Å²) in [4.78, 5) is 16.1. The molecule has 7 heteroatoms. The first-order valence-electron chi connectivity index (χ1n) is 7.51. The smallest absolute Gasteiger partial charge is 0.269 e. The number of amides is 1. The number of allylic oxidation sites excluding steroid dienone is 3. The highest BCUT2D eigenvalue weighted by Crippen LogP contribution is 2.30. The number of rotatable bonds is 3. The average molecular weight is 328 g/mol. The van der Waals surface area contributed by atoms with Crippen LogP contribution in [0.15, 0.2) is 23.7 Å². The molecule has 2 N–H and O–H groups in total. The third kappa shape index (κ3) is 2.51. The number of hydrogen-bond acceptors (Lipinski definition) is 5. The van der Waals surface area contributed by atoms with Crippen molar-refractivity contribution < 1.29 is 9.53 Å². The Morgan fingerprint density at radius 3 is 3.04 bits per heavy atom. The van der Waals surface area contributed by atoms with Gasteiger partial charge in [-0.05, 0) is 6.42 Å². The Hall–Kier alpha value is -2.25. The van der Waals surface area contributed by atoms with Crippen LogP contribution in [0.3, 0.4) is 0 Å². The summed E-state index contributed by atoms with van der Waals surface area (Å²) in [6.45, 7) is 1.35. The lowest BCUT2D eigenvalue weighted by atomic mass is 10.1. The van der Waals surface area contributed by atoms with Crippen LogP contribution >= 0.6 is 11.3 Å². The Labute approximate surface area is 137 Å². The molecule has 1 aliphatic heterocycles. The Morgan fingerprint density at radius 1 is 1.43 bits per heavy atom. The van der Waals surface area contributed by atoms with E-state index < -0.39 is 5.91 Å². The van der Waals surface area contributed by atoms with Gasteiger partial charge in [-0.2, -0.15) is 5.10 Å². The number of thiazole rings is 1. The number of carbonyl (C=O) groups is 1. The van der Waals surface area contributed by atoms with Gasteiger partial charge in [0.15, 0.2) is 5.69 Å². The first kappa shape index (κ1) is 14.3. The van der Waals surface area contributed by atoms with Crippen molar-refractivity contribution in [2.24, 2.45) is 5.73 Å². The molecule has 2 aliphatic rings. The molecule has 0 radical (unpaired) electrons. The molecule has 3 heterocycles. The molecule has 0 bridgehead atoms. The standard InChI is InChI=1S/C16H16N4O2S/c17-15(21)14-12-3-1-10(16-18-6-8-23-16)2-4-13(12)20(19-14)11-5-7-22-9-11/h1-3,6,8,11H,4-5,7,9H2,(H2,17,21). The molecule has 118 valence electrons. The van der Waals surface area contributed by atoms with Crippen molar-refractivity contribution in [1.82, 2.24) is 14.8 Å². The summed E-state index contributed by atoms with van der Waals surface area (Å²) in [5, 5.41) is 7.39. The van der Waals surface area contributed by atoms with Crippen LogP contribution in [0, 0.1) is 0 Å². The lowest BCUT2D eigenvalue weighted by Crippen LogP contribution is -2.16. The number of hydrogen-bond donors (Lipinski definition) is 1. The molecule has 0 saturated carbocycles. The van der Waals surface area contributed by atoms with Gasteiger partial charge in [-0.3, -0.25) is 9.48 Å². The quantitative estimate of drug-likeness (QED) is 0.935. The molecule has 1 saturated heterocycles. The fourth-order valence-electron chi connectivity index (χ4n) is 3.03. The van der Waals surface area contributed by atoms with Gasteiger partial charge >= 0.3 is 0 Å². The van der Waals surface area contributed by atoms with Crippen LogP contribution < -0.4 is 5.73 Å². The van der Waals surface area contributed by atoms with E-state index in [-0.39, 0.29) is 6.04 Å². The number of nitrogens with two attached hydrogens (primary N) is 1. The predicted molar refractivity (Wildman–Crippen MR) is 88.0 cm³/mol. The molecule has 1 atom stereocenters. The van der Waals surface area contributed by atoms with E-state index in [0.29, 0.717) is 18.7 Å². The van der Waals surface area contributed by atoms with Gasteiger partial charge in [0.1, 0.15) is 5.01 Å². The van der Waals surface area contributed by atoms with Crippen molar-refractivity contribution >= 4 is 28.9 Å². The molecular formula is C16H16N4O2S. The van der Waals surface area contributed by atoms with Gasteiger partial charge in [-0.25, -0.2) is 4.98 Å². The highest BCUT2D eigenvalue weighted by Gasteiger charge is 2.27. The minimum Gasteiger partial charge on any atom is -0.379 e. The molecule has 0 spiro atoms. The summed E-state index contributed by atoms with van der Waals surface area (Å²) in [7, 11) is 0. The van der Waals surface area contributed by atoms with Gasteiger partial charge in [-0.1, -0.05) is 18.2 Å². The van der Waals surface area contributed by atoms with E-state index >= 15 is 0 Å². The zero-order valence-corrected chi connectivity index (χ0v) is 13.3. The van der Waals surface area contributed by atoms with Crippen molar-refractivity contribution in [2.75, 3.05) is 13.2 Å². The minimum absolute atomic E-state index is 0.167. The largest absolute Gasteiger partial charge is 0.379 e. The number of aromatic nitrogens is 3. The van der Waals surface area contributed by atoms with Gasteiger partial charge in [0.25, 0.3) is 5.91 Å². The summed E-state index contributed by atoms with van der Waals surface area (Å²) >= 11 is 1.60. The first-order valence-corrected chi connectivity index (χ1v) is 8.39. The zero-order valence-electron chi connectivity index (χ0n) is 12.4. The fourth-order valence-corrected chi connectivity index (χ4v) is 3.69. The summed E-state index contributed by atoms with van der Waals surface area (Å²) in [5.41, 5.74) is 8.73. The van der Waals surface area contributed by atoms with Crippen LogP contribution in [-0.4, -0.2) is 33.9 Å². The van der Waals surface area contributed by atoms with E-state index in [0.717, 1.165) is 34.9 Å². The molecule has 1 unspecified atom stereocenters. The van der Waals surface area contributed by atoms with Crippen LogP contribution in [-0.2, 0) is 11.2 Å². The van der Waals surface area contributed by atoms with Crippen molar-refractivity contribution in [2.45, 2.75) is 18.9 Å². The Bertz CT molecular complexity index is 798. The Morgan fingerprint density at radius 2 is 2.35 bits per heavy atom. The third-order valence-electron chi connectivity index (χ3n) is 4.16. The van der Waals surface area contributed by atoms with Crippen LogP contribution in [0.5, 0.6) is 0 Å². The molecule has 4 rings (SSSR count). The van der Waals surface area contributed by atoms with Gasteiger partial charge in [0.05, 0.1) is 18.3 Å². The minimum atomic E-state index is -0.499. The second kappa shape index (κ2) is 5.75. The lowest BCUT2D eigenvalue weighted by Gasteiger charge is -2.12. The molecule has 23 heavy (non-hydrogen) atoms. The molecule has 1 aliphatic carbocycles. The van der Waals surface area contributed by atoms with Gasteiger partial charge in [0, 0.05) is 35.7 Å². The number of carbonyl (C=O) groups excluding carboxylic acids is 1. The van der Waals surface area contributed by atoms with Crippen molar-refractivity contribution in [3.8, 4) is 0 Å². The van der Waals surface area contributed by atoms with Crippen molar-refractivity contribution in [1.29, 1.82) is 0 Å². The Kier molecular flexibility index (Phi) is 3.59. The van der Waals surface area contributed by atoms with E-state index in [1.54, 1.807) is 17.5 Å². The monoisotopic (exact) mass is 328 g/mol. The van der Waals surface area contributed by atoms with Crippen molar-refractivity contribution in [3.63, 3.8) is 0 Å². The first-order chi connectivity index (χ1) is 11.2. The van der Waals surface area contributed by atoms with E-state index in [2.05, 4.69) is 16.2 Å². The zero-order chi connectivity index (χ0) is 15.8. The molecule has 2 aromatic heterocycles. The van der Waals surface area contributed by atoms with Crippen molar-refractivity contribution in [3.05, 3.63) is 45.7 Å². The van der Waals surface area contributed by atoms with Gasteiger partial charge in [0.2, 0.25) is 0 Å². The van der Waals surface area contributed by atoms with Crippen LogP contribution in [0.4, 0.5) is 0 Å². The molecular weight excluding hydrogens is 312 g/mol. The van der Waals surface area contributed by atoms with Gasteiger partial charge < -0.3 is 10.5 Å². The molecule has 2 aromatic rings. The van der Waals surface area contributed by atoms with Gasteiger partial charge in [-0.15, -0.1) is 11.3 Å². The van der Waals surface area contributed by atoms with Crippen LogP contribution in [0.1, 0.15) is 39.2 Å². The maximum Gasteiger partial charge on any atom is 0.269 e. The molecule has 0 aromatic carbocycles. The molecule has 6 nitrogen and oxygen atoms in total. The maximum atomic E-state index is 11.8. The number of nitrogens with zero attached hydrogens (tertiary/aromatic N) is 3. The van der Waals surface area contributed by atoms with E-state index in [1.165, 1.54) is 0 Å². The van der Waals surface area contributed by atoms with E-state index in [9.17, 15) is 4.79 Å². The van der Waals surface area contributed by atoms with Crippen LogP contribution in [0.25, 0.3) is 11.6 Å². The second-order valence-electron chi connectivity index (χ2n) is 5.57. The summed E-state index contributed by atoms with van der Waals surface area (Å²) < 4.78 is 7.39. The number of primary amides is 1. The number of ether oxygens (including phenoxy) is 1. The third-order valence-corrected chi connectivity index (χ3v) is 4.98. The fraction of sp³-hybridized carbons (Fsp3) is 0.312. The second-order valence-corrected chi connectivity index (χ2v) is 6.46. The van der Waals surface area contributed by atoms with Crippen LogP contribution in [0.2, 0.25) is 0 Å². The SMILES string of the molecule is NC(=O)c1nn(C2CCOC2)c2c1C=CC(c1nccs1)=CC2. The summed E-state index contributed by atoms with van der Waals surface area (Å²) in [6, 6.07) is 0.167. The molecule has 1 fully saturated rings. The van der Waals surface area contributed by atoms with E-state index in [4.69, 9.17) is 10.5 Å². The normalized spacial score (nSPS) is 20.2. The maximum absolute atomic E-state index is 11.8. The van der Waals surface area contributed by atoms with E-state index in [1.807, 2.05) is 22.2 Å². The number of fused-ring (bicyclic) bond motifs is 1. The average Bonchev–Trinajstić information content (AvgIpc) is 3.25. The Balaban J connectivity index is 1.78. The predicted octanol–water partition coefficient (Wildman–Crippen LogP) is 2.05. The summed E-state index contributed by atoms with van der Waals surface area (Å²) in [6.07, 6.45) is 9.41. The lowest BCUT2D eigenvalue weighted by molar-refractivity contribution is 0.0994.